The zero-order valence-electron chi connectivity index (χ0n) is 23.3. The van der Waals surface area contributed by atoms with Crippen LogP contribution >= 0.6 is 0 Å². The van der Waals surface area contributed by atoms with E-state index in [4.69, 9.17) is 37.7 Å². The van der Waals surface area contributed by atoms with Gasteiger partial charge in [0.05, 0.1) is 11.3 Å². The van der Waals surface area contributed by atoms with Gasteiger partial charge in [0.15, 0.2) is 5.66 Å². The van der Waals surface area contributed by atoms with E-state index in [0.717, 1.165) is 0 Å². The minimum absolute atomic E-state index is 0.230. The van der Waals surface area contributed by atoms with E-state index in [1.807, 2.05) is 5.43 Å². The molecule has 0 bridgehead atoms. The Morgan fingerprint density at radius 1 is 1.02 bits per heavy atom. The second-order valence-corrected chi connectivity index (χ2v) is 10.3. The standard InChI is InChI=1S/C8H17N3O6S.C8H8N2O3.C6H13N3O3/c1-5(2)8(9,7(13)14)11-10-6(12)3-4-18(15,16)17;9-6-3-1-5(2-4-6)7(11)13-8(10)12;7-4(5(10)11)2-1-3-9-6(8)12/h5,11H,3-4,9H2,1-2H3,(H,10,12)(H,13,14)(H,15,16,17);1-4H,9H2,(H2,10,12);4H,1-3,7H2,(H,10,11)(H3,8,9,12). The third kappa shape index (κ3) is 20.0. The quantitative estimate of drug-likeness (QED) is 0.0204. The average molecular weight is 639 g/mol. The third-order valence-corrected chi connectivity index (χ3v) is 5.63. The number of nitrogens with one attached hydrogen (secondary N) is 3. The van der Waals surface area contributed by atoms with Crippen LogP contribution in [-0.4, -0.2) is 83.1 Å². The number of carboxylic acid groups (broad SMARTS) is 2. The van der Waals surface area contributed by atoms with Gasteiger partial charge in [0.2, 0.25) is 5.91 Å². The fourth-order valence-corrected chi connectivity index (χ4v) is 2.77. The molecule has 244 valence electrons. The molecule has 0 aliphatic carbocycles. The topological polar surface area (TPSA) is 373 Å². The molecule has 2 atom stereocenters. The number of hydrogen-bond donors (Lipinski definition) is 11. The number of benzene rings is 1. The molecule has 1 aromatic carbocycles. The molecule has 21 heteroatoms. The predicted molar refractivity (Wildman–Crippen MR) is 150 cm³/mol. The van der Waals surface area contributed by atoms with Gasteiger partial charge in [-0.15, -0.1) is 0 Å². The number of urea groups is 1. The number of hydrogen-bond acceptors (Lipinski definition) is 13. The highest BCUT2D eigenvalue weighted by Gasteiger charge is 2.37. The number of amides is 4. The lowest BCUT2D eigenvalue weighted by Crippen LogP contribution is -2.68. The zero-order chi connectivity index (χ0) is 34.0. The van der Waals surface area contributed by atoms with Crippen LogP contribution in [0.15, 0.2) is 24.3 Å². The van der Waals surface area contributed by atoms with Gasteiger partial charge in [-0.25, -0.2) is 24.6 Å². The normalized spacial score (nSPS) is 12.5. The molecule has 0 fully saturated rings. The molecular weight excluding hydrogens is 600 g/mol. The molecule has 0 saturated heterocycles. The summed E-state index contributed by atoms with van der Waals surface area (Å²) in [6, 6.07) is 4.47. The van der Waals surface area contributed by atoms with E-state index >= 15 is 0 Å². The molecule has 0 aliphatic rings. The molecule has 1 aromatic rings. The van der Waals surface area contributed by atoms with Crippen molar-refractivity contribution in [2.45, 2.75) is 44.8 Å². The number of primary amides is 2. The van der Waals surface area contributed by atoms with E-state index in [0.29, 0.717) is 25.1 Å². The van der Waals surface area contributed by atoms with Crippen LogP contribution in [0.5, 0.6) is 0 Å². The SMILES string of the molecule is CC(C)C(N)(NNC(=O)CCS(=O)(=O)O)C(=O)O.NC(=O)NCCCC(N)C(=O)O.NC(=O)OC(=O)c1ccc(N)cc1. The largest absolute Gasteiger partial charge is 0.480 e. The zero-order valence-corrected chi connectivity index (χ0v) is 24.1. The third-order valence-electron chi connectivity index (χ3n) is 4.91. The van der Waals surface area contributed by atoms with Crippen molar-refractivity contribution in [3.05, 3.63) is 29.8 Å². The van der Waals surface area contributed by atoms with E-state index in [1.54, 1.807) is 0 Å². The number of nitrogen functional groups attached to an aromatic ring is 1. The average Bonchev–Trinajstić information content (AvgIpc) is 2.88. The van der Waals surface area contributed by atoms with Gasteiger partial charge in [-0.2, -0.15) is 8.42 Å². The van der Waals surface area contributed by atoms with Crippen molar-refractivity contribution in [2.75, 3.05) is 18.0 Å². The lowest BCUT2D eigenvalue weighted by molar-refractivity contribution is -0.148. The molecule has 0 spiro atoms. The molecule has 2 unspecified atom stereocenters. The summed E-state index contributed by atoms with van der Waals surface area (Å²) in [7, 11) is -4.24. The van der Waals surface area contributed by atoms with Gasteiger partial charge in [0.1, 0.15) is 6.04 Å². The van der Waals surface area contributed by atoms with Gasteiger partial charge in [-0.1, -0.05) is 13.8 Å². The Balaban J connectivity index is 0. The van der Waals surface area contributed by atoms with Gasteiger partial charge >= 0.3 is 30.0 Å². The summed E-state index contributed by atoms with van der Waals surface area (Å²) in [5.41, 5.74) is 28.5. The number of aliphatic carboxylic acids is 2. The maximum atomic E-state index is 11.2. The molecule has 0 aliphatic heterocycles. The Hall–Kier alpha value is -4.57. The van der Waals surface area contributed by atoms with Crippen LogP contribution in [-0.2, 0) is 29.2 Å². The maximum absolute atomic E-state index is 11.2. The van der Waals surface area contributed by atoms with Crippen molar-refractivity contribution in [1.29, 1.82) is 0 Å². The lowest BCUT2D eigenvalue weighted by Gasteiger charge is -2.29. The second-order valence-electron chi connectivity index (χ2n) is 8.75. The Morgan fingerprint density at radius 3 is 1.95 bits per heavy atom. The molecule has 0 aromatic heterocycles. The Bertz CT molecular complexity index is 1210. The van der Waals surface area contributed by atoms with Crippen molar-refractivity contribution in [2.24, 2.45) is 28.9 Å². The summed E-state index contributed by atoms with van der Waals surface area (Å²) in [4.78, 5) is 63.6. The summed E-state index contributed by atoms with van der Waals surface area (Å²) in [6.45, 7) is 3.42. The number of hydrazine groups is 1. The number of carbonyl (C=O) groups is 6. The number of esters is 1. The Labute approximate surface area is 246 Å². The first-order valence-corrected chi connectivity index (χ1v) is 13.7. The highest BCUT2D eigenvalue weighted by Crippen LogP contribution is 2.09. The Morgan fingerprint density at radius 2 is 1.56 bits per heavy atom. The van der Waals surface area contributed by atoms with Crippen molar-refractivity contribution in [3.63, 3.8) is 0 Å². The molecule has 0 heterocycles. The first-order chi connectivity index (χ1) is 19.6. The van der Waals surface area contributed by atoms with Crippen LogP contribution in [0, 0.1) is 5.92 Å². The first kappa shape index (κ1) is 40.6. The van der Waals surface area contributed by atoms with Crippen molar-refractivity contribution in [1.82, 2.24) is 16.2 Å². The monoisotopic (exact) mass is 638 g/mol. The first-order valence-electron chi connectivity index (χ1n) is 12.0. The van der Waals surface area contributed by atoms with Gasteiger partial charge in [0, 0.05) is 18.7 Å². The van der Waals surface area contributed by atoms with Crippen molar-refractivity contribution < 1.29 is 56.7 Å². The molecule has 1 rings (SSSR count). The highest BCUT2D eigenvalue weighted by atomic mass is 32.2. The molecule has 16 N–H and O–H groups in total. The summed E-state index contributed by atoms with van der Waals surface area (Å²) >= 11 is 0. The number of rotatable bonds is 13. The van der Waals surface area contributed by atoms with E-state index in [-0.39, 0.29) is 5.56 Å². The summed E-state index contributed by atoms with van der Waals surface area (Å²) in [5, 5.41) is 19.6. The van der Waals surface area contributed by atoms with Crippen LogP contribution in [0.25, 0.3) is 0 Å². The number of ether oxygens (including phenoxy) is 1. The van der Waals surface area contributed by atoms with Gasteiger partial charge < -0.3 is 48.9 Å². The summed E-state index contributed by atoms with van der Waals surface area (Å²) < 4.78 is 33.3. The van der Waals surface area contributed by atoms with Crippen molar-refractivity contribution >= 4 is 51.7 Å². The smallest absolute Gasteiger partial charge is 0.412 e. The molecule has 20 nitrogen and oxygen atoms in total. The molecule has 4 amide bonds. The minimum atomic E-state index is -4.24. The van der Waals surface area contributed by atoms with Gasteiger partial charge in [-0.05, 0) is 43.0 Å². The van der Waals surface area contributed by atoms with Crippen LogP contribution < -0.4 is 44.8 Å². The predicted octanol–water partition coefficient (Wildman–Crippen LogP) is -2.37. The highest BCUT2D eigenvalue weighted by molar-refractivity contribution is 7.85. The van der Waals surface area contributed by atoms with Gasteiger partial charge in [-0.3, -0.25) is 19.6 Å². The van der Waals surface area contributed by atoms with Crippen LogP contribution in [0.4, 0.5) is 15.3 Å². The fourth-order valence-electron chi connectivity index (χ4n) is 2.33. The summed E-state index contributed by atoms with van der Waals surface area (Å²) in [6.07, 6.45) is -0.798. The molecule has 43 heavy (non-hydrogen) atoms. The number of carboxylic acids is 2. The van der Waals surface area contributed by atoms with Gasteiger partial charge in [0.25, 0.3) is 10.1 Å². The maximum Gasteiger partial charge on any atom is 0.412 e. The van der Waals surface area contributed by atoms with E-state index < -0.39 is 75.9 Å². The second kappa shape index (κ2) is 19.5. The Kier molecular flexibility index (Phi) is 18.4. The molecule has 0 saturated carbocycles. The van der Waals surface area contributed by atoms with Crippen LogP contribution in [0.3, 0.4) is 0 Å². The van der Waals surface area contributed by atoms with E-state index in [1.165, 1.54) is 38.1 Å². The number of anilines is 1. The minimum Gasteiger partial charge on any atom is -0.480 e. The number of nitrogens with two attached hydrogens (primary N) is 5. The molecular formula is C22H38N8O12S. The van der Waals surface area contributed by atoms with Crippen LogP contribution in [0.2, 0.25) is 0 Å². The fraction of sp³-hybridized carbons (Fsp3) is 0.455. The van der Waals surface area contributed by atoms with Crippen molar-refractivity contribution in [3.8, 4) is 0 Å². The van der Waals surface area contributed by atoms with Crippen LogP contribution in [0.1, 0.15) is 43.5 Å². The molecule has 0 radical (unpaired) electrons. The van der Waals surface area contributed by atoms with E-state index in [9.17, 15) is 37.2 Å². The van der Waals surface area contributed by atoms with E-state index in [2.05, 4.69) is 21.2 Å². The summed E-state index contributed by atoms with van der Waals surface area (Å²) in [5.74, 6) is -5.28. The lowest BCUT2D eigenvalue weighted by atomic mass is 9.98. The number of carbonyl (C=O) groups excluding carboxylic acids is 4.